The van der Waals surface area contributed by atoms with E-state index in [2.05, 4.69) is 32.8 Å². The maximum atomic E-state index is 12.9. The molecule has 254 valence electrons. The predicted octanol–water partition coefficient (Wildman–Crippen LogP) is 4.31. The molecule has 0 saturated heterocycles. The lowest BCUT2D eigenvalue weighted by molar-refractivity contribution is 0.0934. The van der Waals surface area contributed by atoms with E-state index >= 15 is 0 Å². The van der Waals surface area contributed by atoms with Crippen molar-refractivity contribution in [3.8, 4) is 0 Å². The minimum Gasteiger partial charge on any atom is -0.465 e. The van der Waals surface area contributed by atoms with Crippen LogP contribution in [-0.2, 0) is 12.8 Å². The maximum Gasteiger partial charge on any atom is 0.407 e. The molecular formula is C34H47ClN8O4. The second-order valence-corrected chi connectivity index (χ2v) is 11.9. The Morgan fingerprint density at radius 1 is 0.915 bits per heavy atom. The molecule has 3 amide bonds. The molecular weight excluding hydrogens is 620 g/mol. The standard InChI is InChI=1S/C34H47ClN8O4/c1-3-4-5-8-16-38-17-18-39-32(44)26-13-11-24(12-14-26)15-19-43(34(46)47)22-25(20-27-10-7-6-9-23(27)2)21-40-33(45)28-30(36)42-31(37)29(35)41-28/h6-7,9-14,25,38H,3-5,8,15-22H2,1-2H3,(H,39,44)(H,40,45)(H,46,47)(H4,36,37,42). The van der Waals surface area contributed by atoms with Crippen LogP contribution in [0.5, 0.6) is 0 Å². The molecule has 3 rings (SSSR count). The summed E-state index contributed by atoms with van der Waals surface area (Å²) >= 11 is 5.95. The summed E-state index contributed by atoms with van der Waals surface area (Å²) < 4.78 is 0. The SMILES string of the molecule is CCCCCCNCCNC(=O)c1ccc(CCN(CC(CNC(=O)c2nc(Cl)c(N)nc2N)Cc2ccccc2C)C(=O)O)cc1. The van der Waals surface area contributed by atoms with Crippen LogP contribution in [-0.4, -0.2) is 77.2 Å². The molecule has 47 heavy (non-hydrogen) atoms. The first-order chi connectivity index (χ1) is 22.6. The summed E-state index contributed by atoms with van der Waals surface area (Å²) in [5, 5.41) is 19.0. The first kappa shape index (κ1) is 37.0. The van der Waals surface area contributed by atoms with Gasteiger partial charge in [-0.25, -0.2) is 14.8 Å². The van der Waals surface area contributed by atoms with Crippen molar-refractivity contribution < 1.29 is 19.5 Å². The number of halogens is 1. The topological polar surface area (TPSA) is 189 Å². The highest BCUT2D eigenvalue weighted by molar-refractivity contribution is 6.31. The smallest absolute Gasteiger partial charge is 0.407 e. The Balaban J connectivity index is 1.58. The lowest BCUT2D eigenvalue weighted by Crippen LogP contribution is -2.41. The van der Waals surface area contributed by atoms with Crippen molar-refractivity contribution in [3.05, 3.63) is 81.6 Å². The number of carbonyl (C=O) groups excluding carboxylic acids is 2. The molecule has 1 unspecified atom stereocenters. The van der Waals surface area contributed by atoms with Gasteiger partial charge in [0.25, 0.3) is 11.8 Å². The molecule has 0 aliphatic rings. The fraction of sp³-hybridized carbons (Fsp3) is 0.441. The second-order valence-electron chi connectivity index (χ2n) is 11.6. The Bertz CT molecular complexity index is 1470. The van der Waals surface area contributed by atoms with Crippen molar-refractivity contribution in [2.24, 2.45) is 5.92 Å². The number of carbonyl (C=O) groups is 3. The third-order valence-corrected chi connectivity index (χ3v) is 8.15. The lowest BCUT2D eigenvalue weighted by atomic mass is 9.95. The summed E-state index contributed by atoms with van der Waals surface area (Å²) in [6.45, 7) is 6.93. The molecule has 0 saturated carbocycles. The number of carboxylic acid groups (broad SMARTS) is 1. The first-order valence-electron chi connectivity index (χ1n) is 16.1. The summed E-state index contributed by atoms with van der Waals surface area (Å²) in [5.41, 5.74) is 14.9. The number of nitrogens with zero attached hydrogens (tertiary/aromatic N) is 3. The summed E-state index contributed by atoms with van der Waals surface area (Å²) in [5.74, 6) is -1.24. The second kappa shape index (κ2) is 19.3. The van der Waals surface area contributed by atoms with Gasteiger partial charge in [-0.2, -0.15) is 0 Å². The molecule has 0 radical (unpaired) electrons. The molecule has 0 spiro atoms. The Labute approximate surface area is 281 Å². The number of benzene rings is 2. The largest absolute Gasteiger partial charge is 0.465 e. The van der Waals surface area contributed by atoms with Crippen LogP contribution >= 0.6 is 11.6 Å². The number of nitrogens with one attached hydrogen (secondary N) is 3. The number of anilines is 2. The fourth-order valence-electron chi connectivity index (χ4n) is 5.11. The van der Waals surface area contributed by atoms with Gasteiger partial charge in [-0.15, -0.1) is 0 Å². The van der Waals surface area contributed by atoms with Gasteiger partial charge < -0.3 is 37.4 Å². The van der Waals surface area contributed by atoms with Crippen LogP contribution in [0.4, 0.5) is 16.4 Å². The fourth-order valence-corrected chi connectivity index (χ4v) is 5.24. The molecule has 2 aromatic carbocycles. The van der Waals surface area contributed by atoms with Gasteiger partial charge in [0.1, 0.15) is 0 Å². The molecule has 0 bridgehead atoms. The molecule has 12 nitrogen and oxygen atoms in total. The van der Waals surface area contributed by atoms with Crippen molar-refractivity contribution in [2.45, 2.75) is 52.4 Å². The monoisotopic (exact) mass is 666 g/mol. The molecule has 3 aromatic rings. The van der Waals surface area contributed by atoms with Gasteiger partial charge >= 0.3 is 6.09 Å². The predicted molar refractivity (Wildman–Crippen MR) is 186 cm³/mol. The number of aromatic nitrogens is 2. The van der Waals surface area contributed by atoms with Crippen molar-refractivity contribution in [2.75, 3.05) is 50.7 Å². The Morgan fingerprint density at radius 3 is 2.36 bits per heavy atom. The quantitative estimate of drug-likeness (QED) is 0.101. The molecule has 1 heterocycles. The van der Waals surface area contributed by atoms with Crippen LogP contribution in [0.2, 0.25) is 5.15 Å². The van der Waals surface area contributed by atoms with Gasteiger partial charge in [0, 0.05) is 38.3 Å². The molecule has 1 atom stereocenters. The van der Waals surface area contributed by atoms with Crippen molar-refractivity contribution in [3.63, 3.8) is 0 Å². The third-order valence-electron chi connectivity index (χ3n) is 7.87. The van der Waals surface area contributed by atoms with E-state index in [1.165, 1.54) is 24.2 Å². The highest BCUT2D eigenvalue weighted by Crippen LogP contribution is 2.19. The normalized spacial score (nSPS) is 11.6. The van der Waals surface area contributed by atoms with Gasteiger partial charge in [-0.3, -0.25) is 9.59 Å². The summed E-state index contributed by atoms with van der Waals surface area (Å²) in [4.78, 5) is 47.0. The number of amides is 3. The van der Waals surface area contributed by atoms with Crippen LogP contribution in [0.3, 0.4) is 0 Å². The van der Waals surface area contributed by atoms with Crippen molar-refractivity contribution >= 4 is 41.1 Å². The van der Waals surface area contributed by atoms with Gasteiger partial charge in [0.15, 0.2) is 22.5 Å². The van der Waals surface area contributed by atoms with Crippen LogP contribution in [0.1, 0.15) is 70.1 Å². The van der Waals surface area contributed by atoms with Crippen LogP contribution in [0, 0.1) is 12.8 Å². The maximum absolute atomic E-state index is 12.9. The van der Waals surface area contributed by atoms with E-state index in [0.717, 1.165) is 29.7 Å². The van der Waals surface area contributed by atoms with E-state index in [0.29, 0.717) is 31.5 Å². The summed E-state index contributed by atoms with van der Waals surface area (Å²) in [7, 11) is 0. The number of aryl methyl sites for hydroxylation is 1. The Kier molecular flexibility index (Phi) is 15.2. The van der Waals surface area contributed by atoms with Gasteiger partial charge in [0.2, 0.25) is 0 Å². The zero-order valence-electron chi connectivity index (χ0n) is 27.2. The average Bonchev–Trinajstić information content (AvgIpc) is 3.05. The van der Waals surface area contributed by atoms with E-state index in [9.17, 15) is 19.5 Å². The highest BCUT2D eigenvalue weighted by Gasteiger charge is 2.22. The first-order valence-corrected chi connectivity index (χ1v) is 16.4. The zero-order chi connectivity index (χ0) is 34.2. The van der Waals surface area contributed by atoms with E-state index in [1.54, 1.807) is 12.1 Å². The summed E-state index contributed by atoms with van der Waals surface area (Å²) in [6, 6.07) is 15.0. The van der Waals surface area contributed by atoms with Gasteiger partial charge in [0.05, 0.1) is 0 Å². The number of nitrogens with two attached hydrogens (primary N) is 2. The molecule has 13 heteroatoms. The minimum absolute atomic E-state index is 0.0792. The average molecular weight is 667 g/mol. The van der Waals surface area contributed by atoms with E-state index in [-0.39, 0.29) is 53.9 Å². The van der Waals surface area contributed by atoms with Gasteiger partial charge in [-0.1, -0.05) is 74.2 Å². The zero-order valence-corrected chi connectivity index (χ0v) is 28.0. The summed E-state index contributed by atoms with van der Waals surface area (Å²) in [6.07, 6.45) is 4.71. The molecule has 0 aliphatic carbocycles. The van der Waals surface area contributed by atoms with E-state index in [4.69, 9.17) is 23.1 Å². The molecule has 8 N–H and O–H groups in total. The lowest BCUT2D eigenvalue weighted by Gasteiger charge is -2.26. The molecule has 0 aliphatic heterocycles. The van der Waals surface area contributed by atoms with Crippen LogP contribution in [0.25, 0.3) is 0 Å². The number of rotatable bonds is 19. The van der Waals surface area contributed by atoms with E-state index in [1.807, 2.05) is 43.3 Å². The minimum atomic E-state index is -1.07. The number of hydrogen-bond acceptors (Lipinski definition) is 8. The van der Waals surface area contributed by atoms with E-state index < -0.39 is 12.0 Å². The molecule has 1 aromatic heterocycles. The van der Waals surface area contributed by atoms with Crippen molar-refractivity contribution in [1.82, 2.24) is 30.8 Å². The Hall–Kier alpha value is -4.42. The molecule has 0 fully saturated rings. The third kappa shape index (κ3) is 12.4. The highest BCUT2D eigenvalue weighted by atomic mass is 35.5. The number of nitrogen functional groups attached to an aromatic ring is 2. The van der Waals surface area contributed by atoms with Crippen LogP contribution < -0.4 is 27.4 Å². The number of unbranched alkanes of at least 4 members (excludes halogenated alkanes) is 3. The van der Waals surface area contributed by atoms with Crippen LogP contribution in [0.15, 0.2) is 48.5 Å². The number of hydrogen-bond donors (Lipinski definition) is 6. The van der Waals surface area contributed by atoms with Gasteiger partial charge in [-0.05, 0) is 67.5 Å². The van der Waals surface area contributed by atoms with Crippen molar-refractivity contribution in [1.29, 1.82) is 0 Å². The Morgan fingerprint density at radius 2 is 1.66 bits per heavy atom.